The summed E-state index contributed by atoms with van der Waals surface area (Å²) in [7, 11) is 0. The molecular weight excluding hydrogens is 248 g/mol. The van der Waals surface area contributed by atoms with E-state index in [-0.39, 0.29) is 11.8 Å². The number of amides is 2. The smallest absolute Gasteiger partial charge is 0.229 e. The molecule has 2 amide bonds. The molecule has 1 atom stereocenters. The van der Waals surface area contributed by atoms with Crippen molar-refractivity contribution in [3.05, 3.63) is 0 Å². The maximum atomic E-state index is 12.0. The van der Waals surface area contributed by atoms with Crippen LogP contribution in [-0.2, 0) is 9.59 Å². The van der Waals surface area contributed by atoms with Gasteiger partial charge in [-0.2, -0.15) is 11.8 Å². The van der Waals surface area contributed by atoms with Gasteiger partial charge in [-0.15, -0.1) is 0 Å². The summed E-state index contributed by atoms with van der Waals surface area (Å²) in [6, 6.07) is 0.476. The highest BCUT2D eigenvalue weighted by Gasteiger charge is 2.35. The topological polar surface area (TPSA) is 49.4 Å². The number of thioether (sulfide) groups is 1. The number of hydrogen-bond donors (Lipinski definition) is 1. The highest BCUT2D eigenvalue weighted by atomic mass is 32.2. The molecule has 4 nitrogen and oxygen atoms in total. The molecule has 102 valence electrons. The van der Waals surface area contributed by atoms with Crippen molar-refractivity contribution in [1.82, 2.24) is 10.2 Å². The van der Waals surface area contributed by atoms with Crippen molar-refractivity contribution in [2.75, 3.05) is 25.1 Å². The number of nitrogens with zero attached hydrogens (tertiary/aromatic N) is 1. The number of carbonyl (C=O) groups is 2. The van der Waals surface area contributed by atoms with Gasteiger partial charge in [0.1, 0.15) is 0 Å². The van der Waals surface area contributed by atoms with Crippen LogP contribution in [-0.4, -0.2) is 47.9 Å². The van der Waals surface area contributed by atoms with E-state index in [1.807, 2.05) is 6.26 Å². The van der Waals surface area contributed by atoms with Gasteiger partial charge in [-0.1, -0.05) is 12.8 Å². The van der Waals surface area contributed by atoms with Crippen molar-refractivity contribution < 1.29 is 9.59 Å². The summed E-state index contributed by atoms with van der Waals surface area (Å²) in [4.78, 5) is 25.4. The molecule has 5 heteroatoms. The van der Waals surface area contributed by atoms with E-state index in [1.165, 1.54) is 24.6 Å². The standard InChI is InChI=1S/C13H22N2O2S/c1-18-9-12(16)14-7-10-6-13(17)15(8-10)11-4-2-3-5-11/h10-11H,2-9H2,1H3,(H,14,16). The summed E-state index contributed by atoms with van der Waals surface area (Å²) >= 11 is 1.52. The lowest BCUT2D eigenvalue weighted by Crippen LogP contribution is -2.36. The van der Waals surface area contributed by atoms with E-state index < -0.39 is 0 Å². The Morgan fingerprint density at radius 3 is 2.83 bits per heavy atom. The van der Waals surface area contributed by atoms with Crippen LogP contribution in [0.1, 0.15) is 32.1 Å². The zero-order valence-electron chi connectivity index (χ0n) is 11.0. The van der Waals surface area contributed by atoms with Crippen molar-refractivity contribution >= 4 is 23.6 Å². The Labute approximate surface area is 113 Å². The maximum absolute atomic E-state index is 12.0. The molecule has 18 heavy (non-hydrogen) atoms. The summed E-state index contributed by atoms with van der Waals surface area (Å²) in [5.74, 6) is 1.18. The van der Waals surface area contributed by atoms with Gasteiger partial charge in [0, 0.05) is 31.5 Å². The molecule has 2 fully saturated rings. The molecule has 1 heterocycles. The average molecular weight is 270 g/mol. The number of likely N-dealkylation sites (tertiary alicyclic amines) is 1. The number of rotatable bonds is 5. The molecule has 0 spiro atoms. The quantitative estimate of drug-likeness (QED) is 0.818. The van der Waals surface area contributed by atoms with E-state index in [1.54, 1.807) is 0 Å². The molecule has 1 unspecified atom stereocenters. The molecule has 1 saturated carbocycles. The van der Waals surface area contributed by atoms with Crippen LogP contribution in [0.2, 0.25) is 0 Å². The van der Waals surface area contributed by atoms with E-state index >= 15 is 0 Å². The van der Waals surface area contributed by atoms with E-state index in [4.69, 9.17) is 0 Å². The molecule has 0 bridgehead atoms. The van der Waals surface area contributed by atoms with Crippen LogP contribution in [0.25, 0.3) is 0 Å². The second kappa shape index (κ2) is 6.45. The van der Waals surface area contributed by atoms with E-state index in [9.17, 15) is 9.59 Å². The fourth-order valence-corrected chi connectivity index (χ4v) is 3.32. The van der Waals surface area contributed by atoms with Crippen molar-refractivity contribution in [1.29, 1.82) is 0 Å². The Morgan fingerprint density at radius 2 is 2.17 bits per heavy atom. The monoisotopic (exact) mass is 270 g/mol. The molecule has 0 radical (unpaired) electrons. The van der Waals surface area contributed by atoms with Gasteiger partial charge in [0.2, 0.25) is 11.8 Å². The molecule has 0 aromatic heterocycles. The van der Waals surface area contributed by atoms with Gasteiger partial charge >= 0.3 is 0 Å². The van der Waals surface area contributed by atoms with Gasteiger partial charge in [0.15, 0.2) is 0 Å². The third-order valence-corrected chi connectivity index (χ3v) is 4.42. The van der Waals surface area contributed by atoms with Gasteiger partial charge in [-0.05, 0) is 19.1 Å². The van der Waals surface area contributed by atoms with E-state index in [0.29, 0.717) is 30.7 Å². The molecule has 0 aromatic rings. The van der Waals surface area contributed by atoms with Crippen LogP contribution in [0.5, 0.6) is 0 Å². The number of nitrogens with one attached hydrogen (secondary N) is 1. The maximum Gasteiger partial charge on any atom is 0.229 e. The fourth-order valence-electron chi connectivity index (χ4n) is 2.95. The largest absolute Gasteiger partial charge is 0.355 e. The minimum Gasteiger partial charge on any atom is -0.355 e. The van der Waals surface area contributed by atoms with Crippen LogP contribution in [0.15, 0.2) is 0 Å². The van der Waals surface area contributed by atoms with Crippen molar-refractivity contribution in [2.24, 2.45) is 5.92 Å². The van der Waals surface area contributed by atoms with Gasteiger partial charge < -0.3 is 10.2 Å². The SMILES string of the molecule is CSCC(=O)NCC1CC(=O)N(C2CCCC2)C1. The first kappa shape index (κ1) is 13.7. The summed E-state index contributed by atoms with van der Waals surface area (Å²) in [5.41, 5.74) is 0. The Bertz CT molecular complexity index is 316. The molecule has 0 aromatic carbocycles. The Hall–Kier alpha value is -0.710. The highest BCUT2D eigenvalue weighted by Crippen LogP contribution is 2.29. The Morgan fingerprint density at radius 1 is 1.44 bits per heavy atom. The predicted molar refractivity (Wildman–Crippen MR) is 73.5 cm³/mol. The van der Waals surface area contributed by atoms with Gasteiger partial charge in [-0.3, -0.25) is 9.59 Å². The molecule has 1 aliphatic carbocycles. The van der Waals surface area contributed by atoms with Crippen LogP contribution >= 0.6 is 11.8 Å². The lowest BCUT2D eigenvalue weighted by molar-refractivity contribution is -0.129. The van der Waals surface area contributed by atoms with E-state index in [2.05, 4.69) is 10.2 Å². The second-order valence-electron chi connectivity index (χ2n) is 5.29. The zero-order chi connectivity index (χ0) is 13.0. The molecule has 1 aliphatic heterocycles. The number of hydrogen-bond acceptors (Lipinski definition) is 3. The third-order valence-electron chi connectivity index (χ3n) is 3.87. The third kappa shape index (κ3) is 3.40. The average Bonchev–Trinajstić information content (AvgIpc) is 2.95. The van der Waals surface area contributed by atoms with Crippen molar-refractivity contribution in [3.63, 3.8) is 0 Å². The summed E-state index contributed by atoms with van der Waals surface area (Å²) in [6.45, 7) is 1.48. The fraction of sp³-hybridized carbons (Fsp3) is 0.846. The summed E-state index contributed by atoms with van der Waals surface area (Å²) < 4.78 is 0. The lowest BCUT2D eigenvalue weighted by atomic mass is 10.1. The highest BCUT2D eigenvalue weighted by molar-refractivity contribution is 7.99. The molecule has 1 saturated heterocycles. The minimum absolute atomic E-state index is 0.0780. The van der Waals surface area contributed by atoms with E-state index in [0.717, 1.165) is 19.4 Å². The first-order valence-electron chi connectivity index (χ1n) is 6.76. The molecule has 2 rings (SSSR count). The first-order valence-corrected chi connectivity index (χ1v) is 8.15. The van der Waals surface area contributed by atoms with Gasteiger partial charge in [0.05, 0.1) is 5.75 Å². The van der Waals surface area contributed by atoms with Crippen molar-refractivity contribution in [3.8, 4) is 0 Å². The van der Waals surface area contributed by atoms with Crippen LogP contribution in [0.3, 0.4) is 0 Å². The van der Waals surface area contributed by atoms with Crippen LogP contribution in [0, 0.1) is 5.92 Å². The summed E-state index contributed by atoms with van der Waals surface area (Å²) in [6.07, 6.45) is 7.36. The number of carbonyl (C=O) groups excluding carboxylic acids is 2. The van der Waals surface area contributed by atoms with Crippen molar-refractivity contribution in [2.45, 2.75) is 38.1 Å². The molecular formula is C13H22N2O2S. The van der Waals surface area contributed by atoms with Crippen LogP contribution in [0.4, 0.5) is 0 Å². The second-order valence-corrected chi connectivity index (χ2v) is 6.16. The minimum atomic E-state index is 0.0780. The molecule has 1 N–H and O–H groups in total. The molecule has 2 aliphatic rings. The lowest BCUT2D eigenvalue weighted by Gasteiger charge is -2.24. The van der Waals surface area contributed by atoms with Gasteiger partial charge in [-0.25, -0.2) is 0 Å². The van der Waals surface area contributed by atoms with Gasteiger partial charge in [0.25, 0.3) is 0 Å². The Kier molecular flexibility index (Phi) is 4.92. The Balaban J connectivity index is 1.76. The summed E-state index contributed by atoms with van der Waals surface area (Å²) in [5, 5.41) is 2.92. The predicted octanol–water partition coefficient (Wildman–Crippen LogP) is 1.26. The normalized spacial score (nSPS) is 24.8. The van der Waals surface area contributed by atoms with Crippen LogP contribution < -0.4 is 5.32 Å². The first-order chi connectivity index (χ1) is 8.70. The zero-order valence-corrected chi connectivity index (χ0v) is 11.8.